The quantitative estimate of drug-likeness (QED) is 0.620. The van der Waals surface area contributed by atoms with E-state index in [1.807, 2.05) is 17.0 Å². The molecule has 0 radical (unpaired) electrons. The van der Waals surface area contributed by atoms with Crippen molar-refractivity contribution in [2.24, 2.45) is 0 Å². The highest BCUT2D eigenvalue weighted by atomic mass is 16.3. The van der Waals surface area contributed by atoms with Crippen LogP contribution in [0.25, 0.3) is 0 Å². The summed E-state index contributed by atoms with van der Waals surface area (Å²) in [6.07, 6.45) is 1.21. The van der Waals surface area contributed by atoms with Gasteiger partial charge in [-0.05, 0) is 30.3 Å². The third-order valence-electron chi connectivity index (χ3n) is 2.43. The van der Waals surface area contributed by atoms with E-state index in [9.17, 15) is 4.79 Å². The number of aliphatic hydroxyl groups is 2. The monoisotopic (exact) mass is 250 g/mol. The van der Waals surface area contributed by atoms with Crippen LogP contribution >= 0.6 is 0 Å². The van der Waals surface area contributed by atoms with Crippen molar-refractivity contribution >= 4 is 17.3 Å². The highest BCUT2D eigenvalue weighted by molar-refractivity contribution is 5.98. The fourth-order valence-corrected chi connectivity index (χ4v) is 1.56. The molecule has 3 N–H and O–H groups in total. The van der Waals surface area contributed by atoms with E-state index in [1.54, 1.807) is 12.1 Å². The average molecular weight is 250 g/mol. The second kappa shape index (κ2) is 7.47. The van der Waals surface area contributed by atoms with Gasteiger partial charge in [0, 0.05) is 24.5 Å². The van der Waals surface area contributed by atoms with Crippen LogP contribution in [0.1, 0.15) is 0 Å². The van der Waals surface area contributed by atoms with Crippen molar-refractivity contribution in [2.45, 2.75) is 0 Å². The lowest BCUT2D eigenvalue weighted by Gasteiger charge is -2.23. The number of benzene rings is 1. The van der Waals surface area contributed by atoms with Gasteiger partial charge in [0.05, 0.1) is 13.2 Å². The van der Waals surface area contributed by atoms with Crippen molar-refractivity contribution in [1.82, 2.24) is 0 Å². The topological polar surface area (TPSA) is 72.8 Å². The van der Waals surface area contributed by atoms with Crippen LogP contribution in [0.4, 0.5) is 11.4 Å². The van der Waals surface area contributed by atoms with Gasteiger partial charge in [-0.3, -0.25) is 4.79 Å². The summed E-state index contributed by atoms with van der Waals surface area (Å²) >= 11 is 0. The molecule has 1 aromatic carbocycles. The van der Waals surface area contributed by atoms with Crippen molar-refractivity contribution in [3.05, 3.63) is 36.9 Å². The Morgan fingerprint density at radius 2 is 1.78 bits per heavy atom. The molecule has 0 fully saturated rings. The largest absolute Gasteiger partial charge is 0.395 e. The molecule has 0 saturated heterocycles. The SMILES string of the molecule is C=CC(=O)Nc1ccc(N(CCO)CCO)cc1. The summed E-state index contributed by atoms with van der Waals surface area (Å²) in [5, 5.41) is 20.5. The molecule has 5 nitrogen and oxygen atoms in total. The molecule has 0 aliphatic heterocycles. The van der Waals surface area contributed by atoms with E-state index in [-0.39, 0.29) is 19.1 Å². The Bertz CT molecular complexity index is 384. The molecule has 0 unspecified atom stereocenters. The van der Waals surface area contributed by atoms with Crippen molar-refractivity contribution in [2.75, 3.05) is 36.5 Å². The molecule has 1 rings (SSSR count). The molecule has 0 atom stereocenters. The molecule has 0 heterocycles. The zero-order chi connectivity index (χ0) is 13.4. The van der Waals surface area contributed by atoms with E-state index >= 15 is 0 Å². The van der Waals surface area contributed by atoms with Gasteiger partial charge in [-0.15, -0.1) is 0 Å². The van der Waals surface area contributed by atoms with E-state index in [0.29, 0.717) is 18.8 Å². The molecule has 0 spiro atoms. The van der Waals surface area contributed by atoms with Gasteiger partial charge in [0.1, 0.15) is 0 Å². The van der Waals surface area contributed by atoms with E-state index < -0.39 is 0 Å². The molecule has 0 aromatic heterocycles. The van der Waals surface area contributed by atoms with Gasteiger partial charge < -0.3 is 20.4 Å². The Balaban J connectivity index is 2.73. The van der Waals surface area contributed by atoms with Crippen molar-refractivity contribution < 1.29 is 15.0 Å². The third-order valence-corrected chi connectivity index (χ3v) is 2.43. The van der Waals surface area contributed by atoms with Crippen molar-refractivity contribution in [3.63, 3.8) is 0 Å². The van der Waals surface area contributed by atoms with Crippen LogP contribution in [-0.4, -0.2) is 42.4 Å². The maximum atomic E-state index is 11.1. The second-order valence-electron chi connectivity index (χ2n) is 3.67. The van der Waals surface area contributed by atoms with Gasteiger partial charge in [0.25, 0.3) is 0 Å². The van der Waals surface area contributed by atoms with Gasteiger partial charge in [-0.2, -0.15) is 0 Å². The number of hydrogen-bond donors (Lipinski definition) is 3. The molecule has 0 aliphatic carbocycles. The van der Waals surface area contributed by atoms with Crippen LogP contribution in [0.5, 0.6) is 0 Å². The van der Waals surface area contributed by atoms with Crippen LogP contribution < -0.4 is 10.2 Å². The number of nitrogens with zero attached hydrogens (tertiary/aromatic N) is 1. The first-order chi connectivity index (χ1) is 8.71. The van der Waals surface area contributed by atoms with E-state index in [1.165, 1.54) is 6.08 Å². The predicted octanol–water partition coefficient (Wildman–Crippen LogP) is 0.602. The zero-order valence-corrected chi connectivity index (χ0v) is 10.2. The Morgan fingerprint density at radius 3 is 2.22 bits per heavy atom. The highest BCUT2D eigenvalue weighted by Gasteiger charge is 2.05. The highest BCUT2D eigenvalue weighted by Crippen LogP contribution is 2.17. The summed E-state index contributed by atoms with van der Waals surface area (Å²) < 4.78 is 0. The van der Waals surface area contributed by atoms with Crippen LogP contribution in [0.2, 0.25) is 0 Å². The van der Waals surface area contributed by atoms with E-state index in [0.717, 1.165) is 5.69 Å². The lowest BCUT2D eigenvalue weighted by molar-refractivity contribution is -0.111. The Kier molecular flexibility index (Phi) is 5.90. The maximum absolute atomic E-state index is 11.1. The molecular weight excluding hydrogens is 232 g/mol. The lowest BCUT2D eigenvalue weighted by Crippen LogP contribution is -2.29. The number of nitrogens with one attached hydrogen (secondary N) is 1. The second-order valence-corrected chi connectivity index (χ2v) is 3.67. The molecule has 18 heavy (non-hydrogen) atoms. The first-order valence-corrected chi connectivity index (χ1v) is 5.71. The van der Waals surface area contributed by atoms with Crippen molar-refractivity contribution in [1.29, 1.82) is 0 Å². The van der Waals surface area contributed by atoms with Gasteiger partial charge >= 0.3 is 0 Å². The summed E-state index contributed by atoms with van der Waals surface area (Å²) in [6, 6.07) is 7.17. The zero-order valence-electron chi connectivity index (χ0n) is 10.2. The first kappa shape index (κ1) is 14.2. The number of rotatable bonds is 7. The van der Waals surface area contributed by atoms with Crippen LogP contribution in [0.15, 0.2) is 36.9 Å². The number of hydrogen-bond acceptors (Lipinski definition) is 4. The third kappa shape index (κ3) is 4.20. The first-order valence-electron chi connectivity index (χ1n) is 5.71. The van der Waals surface area contributed by atoms with Gasteiger partial charge in [0.2, 0.25) is 5.91 Å². The average Bonchev–Trinajstić information content (AvgIpc) is 2.39. The maximum Gasteiger partial charge on any atom is 0.247 e. The molecule has 5 heteroatoms. The smallest absolute Gasteiger partial charge is 0.247 e. The molecule has 0 bridgehead atoms. The summed E-state index contributed by atoms with van der Waals surface area (Å²) in [7, 11) is 0. The van der Waals surface area contributed by atoms with Gasteiger partial charge in [-0.1, -0.05) is 6.58 Å². The normalized spacial score (nSPS) is 9.89. The van der Waals surface area contributed by atoms with Gasteiger partial charge in [-0.25, -0.2) is 0 Å². The lowest BCUT2D eigenvalue weighted by atomic mass is 10.2. The number of anilines is 2. The van der Waals surface area contributed by atoms with Crippen LogP contribution in [-0.2, 0) is 4.79 Å². The van der Waals surface area contributed by atoms with E-state index in [4.69, 9.17) is 10.2 Å². The fraction of sp³-hybridized carbons (Fsp3) is 0.308. The number of carbonyl (C=O) groups is 1. The molecule has 0 aliphatic rings. The fourth-order valence-electron chi connectivity index (χ4n) is 1.56. The number of aliphatic hydroxyl groups excluding tert-OH is 2. The minimum atomic E-state index is -0.259. The molecule has 1 aromatic rings. The Hall–Kier alpha value is -1.85. The van der Waals surface area contributed by atoms with E-state index in [2.05, 4.69) is 11.9 Å². The van der Waals surface area contributed by atoms with Gasteiger partial charge in [0.15, 0.2) is 0 Å². The summed E-state index contributed by atoms with van der Waals surface area (Å²) in [4.78, 5) is 13.0. The standard InChI is InChI=1S/C13H18N2O3/c1-2-13(18)14-11-3-5-12(6-4-11)15(7-9-16)8-10-17/h2-6,16-17H,1,7-10H2,(H,14,18). The summed E-state index contributed by atoms with van der Waals surface area (Å²) in [5.74, 6) is -0.259. The Labute approximate surface area is 106 Å². The molecular formula is C13H18N2O3. The number of carbonyl (C=O) groups excluding carboxylic acids is 1. The minimum absolute atomic E-state index is 0.0228. The molecule has 0 saturated carbocycles. The molecule has 98 valence electrons. The van der Waals surface area contributed by atoms with Crippen LogP contribution in [0.3, 0.4) is 0 Å². The molecule has 1 amide bonds. The predicted molar refractivity (Wildman–Crippen MR) is 71.7 cm³/mol. The van der Waals surface area contributed by atoms with Crippen molar-refractivity contribution in [3.8, 4) is 0 Å². The minimum Gasteiger partial charge on any atom is -0.395 e. The summed E-state index contributed by atoms with van der Waals surface area (Å²) in [5.41, 5.74) is 1.56. The Morgan fingerprint density at radius 1 is 1.22 bits per heavy atom. The summed E-state index contributed by atoms with van der Waals surface area (Å²) in [6.45, 7) is 4.34. The van der Waals surface area contributed by atoms with Crippen LogP contribution in [0, 0.1) is 0 Å². The number of amides is 1.